The SMILES string of the molecule is C[Si]([CH2][Mg][Cl])(c1ccccc1)c1ccccc1. The maximum atomic E-state index is 6.16. The number of halogens is 1. The van der Waals surface area contributed by atoms with E-state index in [9.17, 15) is 0 Å². The molecule has 0 N–H and O–H groups in total. The Kier molecular flexibility index (Phi) is 4.68. The molecule has 0 aliphatic rings. The first-order valence-electron chi connectivity index (χ1n) is 5.94. The van der Waals surface area contributed by atoms with Crippen molar-refractivity contribution in [2.75, 3.05) is 0 Å². The molecule has 0 bridgehead atoms. The number of hydrogen-bond acceptors (Lipinski definition) is 0. The monoisotopic (exact) mass is 270 g/mol. The average Bonchev–Trinajstić information content (AvgIpc) is 2.41. The van der Waals surface area contributed by atoms with Gasteiger partial charge in [0.15, 0.2) is 0 Å². The van der Waals surface area contributed by atoms with Gasteiger partial charge in [0.05, 0.1) is 8.07 Å². The lowest BCUT2D eigenvalue weighted by atomic mass is 10.4. The minimum absolute atomic E-state index is 0.444. The zero-order valence-electron chi connectivity index (χ0n) is 10.1. The molecular weight excluding hydrogens is 256 g/mol. The van der Waals surface area contributed by atoms with Crippen LogP contribution in [0.1, 0.15) is 0 Å². The Labute approximate surface area is 118 Å². The Hall–Kier alpha value is -0.287. The quantitative estimate of drug-likeness (QED) is 0.750. The van der Waals surface area contributed by atoms with Crippen molar-refractivity contribution in [1.29, 1.82) is 0 Å². The first kappa shape index (κ1) is 13.2. The van der Waals surface area contributed by atoms with Gasteiger partial charge in [-0.25, -0.2) is 0 Å². The Bertz CT molecular complexity index is 419. The van der Waals surface area contributed by atoms with Gasteiger partial charge < -0.3 is 9.07 Å². The molecule has 3 heteroatoms. The van der Waals surface area contributed by atoms with Gasteiger partial charge in [0.25, 0.3) is 0 Å². The summed E-state index contributed by atoms with van der Waals surface area (Å²) in [6.07, 6.45) is 0. The summed E-state index contributed by atoms with van der Waals surface area (Å²) in [5, 5.41) is 3.00. The van der Waals surface area contributed by atoms with Gasteiger partial charge in [-0.05, 0) is 0 Å². The second kappa shape index (κ2) is 6.05. The molecule has 2 aromatic carbocycles. The molecule has 0 heterocycles. The van der Waals surface area contributed by atoms with Crippen molar-refractivity contribution in [2.24, 2.45) is 0 Å². The number of benzene rings is 2. The van der Waals surface area contributed by atoms with E-state index in [4.69, 9.17) is 9.07 Å². The molecule has 2 aromatic rings. The fraction of sp³-hybridized carbons (Fsp3) is 0.143. The van der Waals surface area contributed by atoms with Crippen LogP contribution in [0.25, 0.3) is 0 Å². The lowest BCUT2D eigenvalue weighted by Crippen LogP contribution is -2.56. The molecule has 0 fully saturated rings. The molecule has 0 saturated carbocycles. The van der Waals surface area contributed by atoms with Gasteiger partial charge in [-0.2, -0.15) is 0 Å². The molecule has 0 amide bonds. The molecule has 0 radical (unpaired) electrons. The van der Waals surface area contributed by atoms with Crippen LogP contribution in [-0.2, 0) is 0 Å². The van der Waals surface area contributed by atoms with E-state index >= 15 is 0 Å². The van der Waals surface area contributed by atoms with Crippen LogP contribution in [0, 0.1) is 0 Å². The molecule has 84 valence electrons. The summed E-state index contributed by atoms with van der Waals surface area (Å²) in [4.78, 5) is 0. The van der Waals surface area contributed by atoms with Gasteiger partial charge in [-0.1, -0.05) is 77.6 Å². The van der Waals surface area contributed by atoms with E-state index in [2.05, 4.69) is 67.2 Å². The Morgan fingerprint density at radius 3 is 1.65 bits per heavy atom. The summed E-state index contributed by atoms with van der Waals surface area (Å²) in [6.45, 7) is 2.44. The van der Waals surface area contributed by atoms with Gasteiger partial charge in [0.2, 0.25) is 0 Å². The van der Waals surface area contributed by atoms with E-state index in [-0.39, 0.29) is 0 Å². The zero-order chi connectivity index (χ0) is 12.1. The molecule has 0 atom stereocenters. The van der Waals surface area contributed by atoms with Gasteiger partial charge in [-0.15, -0.1) is 4.17 Å². The molecule has 2 rings (SSSR count). The van der Waals surface area contributed by atoms with Crippen molar-refractivity contribution >= 4 is 46.8 Å². The lowest BCUT2D eigenvalue weighted by Gasteiger charge is -2.28. The van der Waals surface area contributed by atoms with Gasteiger partial charge in [0.1, 0.15) is 0 Å². The van der Waals surface area contributed by atoms with E-state index in [0.717, 1.165) is 0 Å². The summed E-state index contributed by atoms with van der Waals surface area (Å²) >= 11 is -0.444. The van der Waals surface area contributed by atoms with E-state index in [1.807, 2.05) is 0 Å². The summed E-state index contributed by atoms with van der Waals surface area (Å²) in [6, 6.07) is 21.8. The fourth-order valence-corrected chi connectivity index (χ4v) is 11.7. The van der Waals surface area contributed by atoms with E-state index in [0.29, 0.717) is 0 Å². The fourth-order valence-electron chi connectivity index (χ4n) is 2.26. The van der Waals surface area contributed by atoms with Crippen molar-refractivity contribution in [3.8, 4) is 0 Å². The van der Waals surface area contributed by atoms with Crippen LogP contribution >= 0.6 is 9.07 Å². The zero-order valence-corrected chi connectivity index (χ0v) is 13.2. The third kappa shape index (κ3) is 2.94. The summed E-state index contributed by atoms with van der Waals surface area (Å²) in [5.74, 6) is 0. The van der Waals surface area contributed by atoms with Gasteiger partial charge >= 0.3 is 19.3 Å². The highest BCUT2D eigenvalue weighted by atomic mass is 35.5. The first-order chi connectivity index (χ1) is 8.27. The predicted octanol–water partition coefficient (Wildman–Crippen LogP) is 2.69. The number of rotatable bonds is 4. The maximum Gasteiger partial charge on any atom is 0.499 e. The summed E-state index contributed by atoms with van der Waals surface area (Å²) in [5.41, 5.74) is 0. The minimum Gasteiger partial charge on any atom is -0.346 e. The largest absolute Gasteiger partial charge is 0.499 e. The van der Waals surface area contributed by atoms with E-state index in [1.54, 1.807) is 0 Å². The molecule has 17 heavy (non-hydrogen) atoms. The Balaban J connectivity index is 2.47. The topological polar surface area (TPSA) is 0 Å². The molecule has 0 saturated heterocycles. The summed E-state index contributed by atoms with van der Waals surface area (Å²) in [7, 11) is 4.59. The minimum atomic E-state index is -1.57. The highest BCUT2D eigenvalue weighted by Crippen LogP contribution is 2.11. The van der Waals surface area contributed by atoms with Crippen LogP contribution in [0.4, 0.5) is 0 Å². The molecule has 0 aliphatic carbocycles. The van der Waals surface area contributed by atoms with Crippen molar-refractivity contribution < 1.29 is 0 Å². The first-order valence-corrected chi connectivity index (χ1v) is 11.8. The second-order valence-corrected chi connectivity index (χ2v) is 11.8. The Morgan fingerprint density at radius 1 is 0.882 bits per heavy atom. The predicted molar refractivity (Wildman–Crippen MR) is 80.2 cm³/mol. The van der Waals surface area contributed by atoms with Gasteiger partial charge in [-0.3, -0.25) is 0 Å². The molecule has 0 spiro atoms. The molecular formula is C14H15ClMgSi. The van der Waals surface area contributed by atoms with Crippen molar-refractivity contribution in [2.45, 2.75) is 10.7 Å². The van der Waals surface area contributed by atoms with Crippen LogP contribution in [0.3, 0.4) is 0 Å². The van der Waals surface area contributed by atoms with E-state index in [1.165, 1.54) is 14.5 Å². The standard InChI is InChI=1S/C14H15Si.ClH.Mg/c1-15(2,13-9-5-3-6-10-13)14-11-7-4-8-12-14;;/h3-12H,1H2,2H3;1H;/q;;+1/p-1. The van der Waals surface area contributed by atoms with Gasteiger partial charge in [0, 0.05) is 0 Å². The van der Waals surface area contributed by atoms with Crippen molar-refractivity contribution in [3.63, 3.8) is 0 Å². The maximum absolute atomic E-state index is 6.16. The lowest BCUT2D eigenvalue weighted by molar-refractivity contribution is 1.64. The van der Waals surface area contributed by atoms with E-state index < -0.39 is 27.3 Å². The highest BCUT2D eigenvalue weighted by Gasteiger charge is 2.30. The Morgan fingerprint density at radius 2 is 1.29 bits per heavy atom. The van der Waals surface area contributed by atoms with Crippen LogP contribution in [0.2, 0.25) is 10.7 Å². The van der Waals surface area contributed by atoms with Crippen molar-refractivity contribution in [3.05, 3.63) is 60.7 Å². The molecule has 0 unspecified atom stereocenters. The van der Waals surface area contributed by atoms with Crippen LogP contribution in [-0.4, -0.2) is 27.3 Å². The smallest absolute Gasteiger partial charge is 0.346 e. The highest BCUT2D eigenvalue weighted by molar-refractivity contribution is 7.11. The third-order valence-electron chi connectivity index (χ3n) is 3.42. The average molecular weight is 271 g/mol. The van der Waals surface area contributed by atoms with Crippen LogP contribution in [0.5, 0.6) is 0 Å². The normalized spacial score (nSPS) is 10.9. The molecule has 0 aliphatic heterocycles. The second-order valence-electron chi connectivity index (χ2n) is 4.50. The number of hydrogen-bond donors (Lipinski definition) is 0. The van der Waals surface area contributed by atoms with Crippen LogP contribution in [0.15, 0.2) is 60.7 Å². The van der Waals surface area contributed by atoms with Crippen molar-refractivity contribution in [1.82, 2.24) is 0 Å². The summed E-state index contributed by atoms with van der Waals surface area (Å²) < 4.78 is 1.22. The van der Waals surface area contributed by atoms with Crippen LogP contribution < -0.4 is 10.4 Å². The molecule has 0 nitrogen and oxygen atoms in total. The molecule has 0 aromatic heterocycles. The third-order valence-corrected chi connectivity index (χ3v) is 13.1.